The highest BCUT2D eigenvalue weighted by Crippen LogP contribution is 2.58. The number of nitrogens with zero attached hydrogens (tertiary/aromatic N) is 3. The van der Waals surface area contributed by atoms with Crippen molar-refractivity contribution in [2.24, 2.45) is 5.10 Å². The first kappa shape index (κ1) is 17.9. The highest BCUT2D eigenvalue weighted by Gasteiger charge is 2.55. The molecule has 132 valence electrons. The van der Waals surface area contributed by atoms with Crippen LogP contribution >= 0.6 is 23.5 Å². The molecular weight excluding hydrogens is 358 g/mol. The number of hydrogen-bond donors (Lipinski definition) is 0. The number of ether oxygens (including phenoxy) is 1. The summed E-state index contributed by atoms with van der Waals surface area (Å²) in [4.78, 5) is 26.7. The first-order valence-corrected chi connectivity index (χ1v) is 9.31. The van der Waals surface area contributed by atoms with Crippen molar-refractivity contribution < 1.29 is 14.3 Å². The lowest BCUT2D eigenvalue weighted by atomic mass is 10.3. The van der Waals surface area contributed by atoms with E-state index >= 15 is 0 Å². The smallest absolute Gasteiger partial charge is 0.241 e. The molecule has 25 heavy (non-hydrogen) atoms. The van der Waals surface area contributed by atoms with Gasteiger partial charge in [-0.15, -0.1) is 0 Å². The van der Waals surface area contributed by atoms with Gasteiger partial charge in [0.1, 0.15) is 5.75 Å². The fourth-order valence-electron chi connectivity index (χ4n) is 2.67. The zero-order chi connectivity index (χ0) is 18.4. The first-order valence-electron chi connectivity index (χ1n) is 7.67. The second kappa shape index (κ2) is 6.42. The van der Waals surface area contributed by atoms with Gasteiger partial charge in [0.2, 0.25) is 4.33 Å². The molecule has 2 aliphatic rings. The van der Waals surface area contributed by atoms with E-state index in [1.807, 2.05) is 43.1 Å². The molecule has 0 saturated heterocycles. The number of benzene rings is 1. The lowest BCUT2D eigenvalue weighted by Crippen LogP contribution is -2.47. The lowest BCUT2D eigenvalue weighted by Gasteiger charge is -2.39. The zero-order valence-corrected chi connectivity index (χ0v) is 16.3. The quantitative estimate of drug-likeness (QED) is 0.798. The number of rotatable bonds is 4. The zero-order valence-electron chi connectivity index (χ0n) is 14.7. The van der Waals surface area contributed by atoms with Crippen LogP contribution in [0.1, 0.15) is 20.8 Å². The summed E-state index contributed by atoms with van der Waals surface area (Å²) < 4.78 is 4.49. The van der Waals surface area contributed by atoms with Gasteiger partial charge in [-0.05, 0) is 49.9 Å². The van der Waals surface area contributed by atoms with Gasteiger partial charge in [0.15, 0.2) is 16.6 Å². The van der Waals surface area contributed by atoms with Crippen LogP contribution in [0.2, 0.25) is 0 Å². The van der Waals surface area contributed by atoms with Crippen molar-refractivity contribution in [3.8, 4) is 5.75 Å². The molecule has 8 heteroatoms. The van der Waals surface area contributed by atoms with E-state index in [2.05, 4.69) is 5.10 Å². The van der Waals surface area contributed by atoms with E-state index < -0.39 is 4.33 Å². The Morgan fingerprint density at radius 2 is 1.76 bits per heavy atom. The molecule has 1 spiro atoms. The van der Waals surface area contributed by atoms with Crippen molar-refractivity contribution in [3.63, 3.8) is 0 Å². The number of Topliss-reactive ketones (excluding diaryl/α,β-unsaturated/α-hetero) is 2. The van der Waals surface area contributed by atoms with Crippen LogP contribution in [-0.2, 0) is 9.59 Å². The molecule has 0 aliphatic carbocycles. The molecule has 2 heterocycles. The topological polar surface area (TPSA) is 62.2 Å². The van der Waals surface area contributed by atoms with Crippen LogP contribution in [0.3, 0.4) is 0 Å². The van der Waals surface area contributed by atoms with Crippen LogP contribution in [0.25, 0.3) is 0 Å². The Kier molecular flexibility index (Phi) is 4.59. The minimum Gasteiger partial charge on any atom is -0.497 e. The lowest BCUT2D eigenvalue weighted by molar-refractivity contribution is -0.113. The molecule has 0 unspecified atom stereocenters. The molecule has 1 aromatic carbocycles. The van der Waals surface area contributed by atoms with Crippen LogP contribution < -0.4 is 9.75 Å². The highest BCUT2D eigenvalue weighted by atomic mass is 32.2. The summed E-state index contributed by atoms with van der Waals surface area (Å²) in [6.45, 7) is 4.97. The van der Waals surface area contributed by atoms with Gasteiger partial charge < -0.3 is 9.64 Å². The molecule has 6 nitrogen and oxygen atoms in total. The molecule has 3 rings (SSSR count). The molecule has 2 aliphatic heterocycles. The monoisotopic (exact) mass is 377 g/mol. The molecule has 0 fully saturated rings. The Balaban J connectivity index is 2.06. The van der Waals surface area contributed by atoms with Gasteiger partial charge in [-0.25, -0.2) is 5.01 Å². The van der Waals surface area contributed by atoms with Crippen molar-refractivity contribution in [2.75, 3.05) is 19.2 Å². The number of allylic oxidation sites excluding steroid dienone is 2. The summed E-state index contributed by atoms with van der Waals surface area (Å²) in [5.41, 5.74) is 1.70. The fourth-order valence-corrected chi connectivity index (χ4v) is 5.55. The predicted molar refractivity (Wildman–Crippen MR) is 103 cm³/mol. The molecule has 1 aromatic rings. The Labute approximate surface area is 155 Å². The SMILES string of the molecule is COc1ccc(N2N=C(C(C)=O)S[C@@]23SC(C(C)=O)=C(C)N3C)cc1. The van der Waals surface area contributed by atoms with E-state index in [1.165, 1.54) is 30.4 Å². The van der Waals surface area contributed by atoms with E-state index in [0.717, 1.165) is 17.1 Å². The maximum atomic E-state index is 12.0. The number of hydrazone groups is 1. The fraction of sp³-hybridized carbons (Fsp3) is 0.353. The van der Waals surface area contributed by atoms with Crippen LogP contribution in [-0.4, -0.2) is 40.0 Å². The summed E-state index contributed by atoms with van der Waals surface area (Å²) in [6.07, 6.45) is 0. The number of carbonyl (C=O) groups excluding carboxylic acids is 2. The number of carbonyl (C=O) groups is 2. The Morgan fingerprint density at radius 3 is 2.24 bits per heavy atom. The Morgan fingerprint density at radius 1 is 1.12 bits per heavy atom. The summed E-state index contributed by atoms with van der Waals surface area (Å²) in [5.74, 6) is 0.660. The van der Waals surface area contributed by atoms with Gasteiger partial charge in [-0.2, -0.15) is 5.10 Å². The molecule has 0 bridgehead atoms. The molecule has 1 atom stereocenters. The van der Waals surface area contributed by atoms with Crippen molar-refractivity contribution in [1.82, 2.24) is 4.90 Å². The maximum absolute atomic E-state index is 12.0. The third kappa shape index (κ3) is 2.83. The van der Waals surface area contributed by atoms with E-state index in [-0.39, 0.29) is 11.6 Å². The summed E-state index contributed by atoms with van der Waals surface area (Å²) in [6, 6.07) is 7.48. The van der Waals surface area contributed by atoms with E-state index in [1.54, 1.807) is 19.0 Å². The van der Waals surface area contributed by atoms with Gasteiger partial charge in [-0.3, -0.25) is 9.59 Å². The number of ketones is 2. The van der Waals surface area contributed by atoms with Crippen LogP contribution in [0, 0.1) is 0 Å². The second-order valence-electron chi connectivity index (χ2n) is 5.75. The molecular formula is C17H19N3O3S2. The van der Waals surface area contributed by atoms with E-state index in [9.17, 15) is 9.59 Å². The van der Waals surface area contributed by atoms with Crippen LogP contribution in [0.5, 0.6) is 5.75 Å². The average Bonchev–Trinajstić information content (AvgIpc) is 3.10. The number of hydrogen-bond acceptors (Lipinski definition) is 8. The maximum Gasteiger partial charge on any atom is 0.241 e. The normalized spacial score (nSPS) is 22.7. The second-order valence-corrected chi connectivity index (χ2v) is 8.35. The predicted octanol–water partition coefficient (Wildman–Crippen LogP) is 3.26. The molecule has 0 aromatic heterocycles. The van der Waals surface area contributed by atoms with Crippen LogP contribution in [0.15, 0.2) is 40.0 Å². The van der Waals surface area contributed by atoms with Gasteiger partial charge in [0.05, 0.1) is 17.7 Å². The number of anilines is 1. The Hall–Kier alpha value is -1.93. The van der Waals surface area contributed by atoms with Crippen molar-refractivity contribution in [2.45, 2.75) is 25.1 Å². The minimum absolute atomic E-state index is 0.0118. The van der Waals surface area contributed by atoms with Gasteiger partial charge in [0, 0.05) is 19.7 Å². The minimum atomic E-state index is -0.722. The third-order valence-corrected chi connectivity index (χ3v) is 7.39. The van der Waals surface area contributed by atoms with Gasteiger partial charge in [0.25, 0.3) is 0 Å². The molecule has 0 N–H and O–H groups in total. The average molecular weight is 377 g/mol. The van der Waals surface area contributed by atoms with Crippen LogP contribution in [0.4, 0.5) is 5.69 Å². The van der Waals surface area contributed by atoms with Gasteiger partial charge >= 0.3 is 0 Å². The summed E-state index contributed by atoms with van der Waals surface area (Å²) in [7, 11) is 3.53. The highest BCUT2D eigenvalue weighted by molar-refractivity contribution is 8.28. The van der Waals surface area contributed by atoms with E-state index in [4.69, 9.17) is 4.74 Å². The van der Waals surface area contributed by atoms with Gasteiger partial charge in [-0.1, -0.05) is 11.8 Å². The Bertz CT molecular complexity index is 804. The number of thioether (sulfide) groups is 2. The van der Waals surface area contributed by atoms with Crippen molar-refractivity contribution in [1.29, 1.82) is 0 Å². The standard InChI is InChI=1S/C17H19N3O3S2/c1-10-15(11(2)21)24-17(19(10)4)20(18-16(25-17)12(3)22)13-6-8-14(23-5)9-7-13/h6-9H,1-5H3/t17-/m1/s1. The summed E-state index contributed by atoms with van der Waals surface area (Å²) >= 11 is 2.79. The van der Waals surface area contributed by atoms with Crippen molar-refractivity contribution in [3.05, 3.63) is 34.9 Å². The van der Waals surface area contributed by atoms with E-state index in [0.29, 0.717) is 9.95 Å². The molecule has 0 radical (unpaired) electrons. The summed E-state index contributed by atoms with van der Waals surface area (Å²) in [5, 5.41) is 6.78. The molecule has 0 amide bonds. The van der Waals surface area contributed by atoms with Crippen molar-refractivity contribution >= 4 is 45.8 Å². The first-order chi connectivity index (χ1) is 11.8. The number of methoxy groups -OCH3 is 1. The molecule has 0 saturated carbocycles. The third-order valence-electron chi connectivity index (χ3n) is 4.12. The largest absolute Gasteiger partial charge is 0.497 e.